The van der Waals surface area contributed by atoms with E-state index in [1.807, 2.05) is 7.05 Å². The van der Waals surface area contributed by atoms with E-state index in [1.165, 1.54) is 0 Å². The standard InChI is InChI=1S/C9H15NO2/c1-10-7-2-3-9(10,6-11)5-8(12)4-7/h6-8,12H,2-5H2,1H3. The molecule has 2 aliphatic rings. The number of nitrogens with zero attached hydrogens (tertiary/aromatic N) is 1. The average molecular weight is 169 g/mol. The second kappa shape index (κ2) is 2.54. The van der Waals surface area contributed by atoms with Gasteiger partial charge in [-0.2, -0.15) is 0 Å². The Hall–Kier alpha value is -0.410. The second-order valence-electron chi connectivity index (χ2n) is 4.12. The van der Waals surface area contributed by atoms with Crippen LogP contribution in [0.1, 0.15) is 25.7 Å². The summed E-state index contributed by atoms with van der Waals surface area (Å²) in [6.07, 6.45) is 4.21. The van der Waals surface area contributed by atoms with Gasteiger partial charge in [-0.25, -0.2) is 0 Å². The van der Waals surface area contributed by atoms with E-state index < -0.39 is 0 Å². The maximum Gasteiger partial charge on any atom is 0.140 e. The van der Waals surface area contributed by atoms with E-state index in [9.17, 15) is 9.90 Å². The zero-order valence-corrected chi connectivity index (χ0v) is 7.36. The molecule has 3 atom stereocenters. The molecule has 12 heavy (non-hydrogen) atoms. The second-order valence-corrected chi connectivity index (χ2v) is 4.12. The predicted octanol–water partition coefficient (Wildman–Crippen LogP) is 0.173. The van der Waals surface area contributed by atoms with Gasteiger partial charge in [0.2, 0.25) is 0 Å². The lowest BCUT2D eigenvalue weighted by Crippen LogP contribution is -2.53. The van der Waals surface area contributed by atoms with Crippen LogP contribution in [-0.4, -0.2) is 41.0 Å². The highest BCUT2D eigenvalue weighted by Crippen LogP contribution is 2.41. The van der Waals surface area contributed by atoms with Gasteiger partial charge in [-0.05, 0) is 32.7 Å². The zero-order chi connectivity index (χ0) is 8.77. The number of hydrogen-bond donors (Lipinski definition) is 1. The van der Waals surface area contributed by atoms with Crippen molar-refractivity contribution in [2.45, 2.75) is 43.4 Å². The maximum atomic E-state index is 10.9. The van der Waals surface area contributed by atoms with Gasteiger partial charge in [0.1, 0.15) is 6.29 Å². The Morgan fingerprint density at radius 3 is 3.08 bits per heavy atom. The minimum absolute atomic E-state index is 0.265. The number of fused-ring (bicyclic) bond motifs is 2. The van der Waals surface area contributed by atoms with Crippen LogP contribution in [0.5, 0.6) is 0 Å². The fourth-order valence-electron chi connectivity index (χ4n) is 2.67. The Kier molecular flexibility index (Phi) is 1.73. The van der Waals surface area contributed by atoms with Gasteiger partial charge >= 0.3 is 0 Å². The molecule has 0 saturated carbocycles. The number of piperidine rings is 1. The molecule has 2 heterocycles. The van der Waals surface area contributed by atoms with Crippen LogP contribution in [0.25, 0.3) is 0 Å². The Morgan fingerprint density at radius 1 is 1.67 bits per heavy atom. The number of carbonyl (C=O) groups is 1. The minimum atomic E-state index is -0.331. The van der Waals surface area contributed by atoms with Gasteiger partial charge in [0, 0.05) is 6.04 Å². The summed E-state index contributed by atoms with van der Waals surface area (Å²) >= 11 is 0. The monoisotopic (exact) mass is 169 g/mol. The van der Waals surface area contributed by atoms with Crippen LogP contribution in [0.15, 0.2) is 0 Å². The van der Waals surface area contributed by atoms with Crippen molar-refractivity contribution in [3.05, 3.63) is 0 Å². The van der Waals surface area contributed by atoms with Crippen LogP contribution < -0.4 is 0 Å². The SMILES string of the molecule is CN1C2CCC1(C=O)CC(O)C2. The molecular weight excluding hydrogens is 154 g/mol. The number of carbonyl (C=O) groups excluding carboxylic acids is 1. The number of aldehydes is 1. The predicted molar refractivity (Wildman–Crippen MR) is 44.8 cm³/mol. The van der Waals surface area contributed by atoms with E-state index in [-0.39, 0.29) is 11.6 Å². The molecule has 2 aliphatic heterocycles. The molecule has 0 amide bonds. The van der Waals surface area contributed by atoms with Crippen LogP contribution in [0.3, 0.4) is 0 Å². The van der Waals surface area contributed by atoms with Gasteiger partial charge in [-0.3, -0.25) is 4.90 Å². The lowest BCUT2D eigenvalue weighted by atomic mass is 9.89. The molecule has 2 rings (SSSR count). The molecule has 0 spiro atoms. The van der Waals surface area contributed by atoms with Crippen molar-refractivity contribution in [2.75, 3.05) is 7.05 Å². The fraction of sp³-hybridized carbons (Fsp3) is 0.889. The molecule has 3 unspecified atom stereocenters. The summed E-state index contributed by atoms with van der Waals surface area (Å²) in [6, 6.07) is 0.430. The molecule has 0 aromatic rings. The number of rotatable bonds is 1. The molecule has 0 aromatic heterocycles. The quantitative estimate of drug-likeness (QED) is 0.569. The molecule has 0 aromatic carbocycles. The normalized spacial score (nSPS) is 47.8. The van der Waals surface area contributed by atoms with E-state index in [2.05, 4.69) is 4.90 Å². The Labute approximate surface area is 72.4 Å². The van der Waals surface area contributed by atoms with E-state index in [0.717, 1.165) is 25.5 Å². The smallest absolute Gasteiger partial charge is 0.140 e. The lowest BCUT2D eigenvalue weighted by molar-refractivity contribution is -0.121. The molecule has 3 heteroatoms. The Balaban J connectivity index is 2.26. The average Bonchev–Trinajstić information content (AvgIpc) is 2.29. The molecule has 2 fully saturated rings. The highest BCUT2D eigenvalue weighted by Gasteiger charge is 2.49. The van der Waals surface area contributed by atoms with Gasteiger partial charge in [-0.1, -0.05) is 0 Å². The maximum absolute atomic E-state index is 10.9. The first-order chi connectivity index (χ1) is 5.68. The zero-order valence-electron chi connectivity index (χ0n) is 7.36. The Morgan fingerprint density at radius 2 is 2.42 bits per heavy atom. The molecule has 0 aliphatic carbocycles. The molecule has 0 radical (unpaired) electrons. The first-order valence-corrected chi connectivity index (χ1v) is 4.55. The number of hydrogen-bond acceptors (Lipinski definition) is 3. The first-order valence-electron chi connectivity index (χ1n) is 4.55. The van der Waals surface area contributed by atoms with E-state index >= 15 is 0 Å². The van der Waals surface area contributed by atoms with E-state index in [1.54, 1.807) is 0 Å². The third kappa shape index (κ3) is 0.930. The van der Waals surface area contributed by atoms with Gasteiger partial charge in [0.05, 0.1) is 11.6 Å². The number of likely N-dealkylation sites (N-methyl/N-ethyl adjacent to an activating group) is 1. The summed E-state index contributed by atoms with van der Waals surface area (Å²) in [6.45, 7) is 0. The molecule has 3 nitrogen and oxygen atoms in total. The highest BCUT2D eigenvalue weighted by atomic mass is 16.3. The molecular formula is C9H15NO2. The largest absolute Gasteiger partial charge is 0.393 e. The number of aliphatic hydroxyl groups excluding tert-OH is 1. The molecule has 68 valence electrons. The van der Waals surface area contributed by atoms with Crippen LogP contribution in [0, 0.1) is 0 Å². The van der Waals surface area contributed by atoms with Crippen molar-refractivity contribution in [3.63, 3.8) is 0 Å². The van der Waals surface area contributed by atoms with Crippen LogP contribution in [0.4, 0.5) is 0 Å². The van der Waals surface area contributed by atoms with Crippen molar-refractivity contribution in [1.82, 2.24) is 4.90 Å². The molecule has 1 N–H and O–H groups in total. The fourth-order valence-corrected chi connectivity index (χ4v) is 2.67. The van der Waals surface area contributed by atoms with Gasteiger partial charge in [0.25, 0.3) is 0 Å². The van der Waals surface area contributed by atoms with Crippen molar-refractivity contribution < 1.29 is 9.90 Å². The summed E-state index contributed by atoms with van der Waals surface area (Å²) in [4.78, 5) is 13.1. The minimum Gasteiger partial charge on any atom is -0.393 e. The summed E-state index contributed by atoms with van der Waals surface area (Å²) in [7, 11) is 2.00. The van der Waals surface area contributed by atoms with E-state index in [0.29, 0.717) is 12.5 Å². The van der Waals surface area contributed by atoms with Gasteiger partial charge in [0.15, 0.2) is 0 Å². The Bertz CT molecular complexity index is 207. The van der Waals surface area contributed by atoms with E-state index in [4.69, 9.17) is 0 Å². The van der Waals surface area contributed by atoms with Crippen molar-refractivity contribution in [2.24, 2.45) is 0 Å². The third-order valence-corrected chi connectivity index (χ3v) is 3.51. The topological polar surface area (TPSA) is 40.5 Å². The summed E-state index contributed by atoms with van der Waals surface area (Å²) < 4.78 is 0. The first kappa shape index (κ1) is 8.20. The summed E-state index contributed by atoms with van der Waals surface area (Å²) in [5, 5.41) is 9.52. The molecule has 2 bridgehead atoms. The highest BCUT2D eigenvalue weighted by molar-refractivity contribution is 5.65. The van der Waals surface area contributed by atoms with Crippen LogP contribution in [0.2, 0.25) is 0 Å². The summed E-state index contributed by atoms with van der Waals surface area (Å²) in [5.74, 6) is 0. The van der Waals surface area contributed by atoms with Crippen molar-refractivity contribution in [3.8, 4) is 0 Å². The van der Waals surface area contributed by atoms with Crippen LogP contribution >= 0.6 is 0 Å². The van der Waals surface area contributed by atoms with Gasteiger partial charge < -0.3 is 9.90 Å². The summed E-state index contributed by atoms with van der Waals surface area (Å²) in [5.41, 5.74) is -0.331. The van der Waals surface area contributed by atoms with Crippen LogP contribution in [-0.2, 0) is 4.79 Å². The van der Waals surface area contributed by atoms with Crippen molar-refractivity contribution >= 4 is 6.29 Å². The lowest BCUT2D eigenvalue weighted by Gasteiger charge is -2.40. The molecule has 2 saturated heterocycles. The van der Waals surface area contributed by atoms with Gasteiger partial charge in [-0.15, -0.1) is 0 Å². The number of aliphatic hydroxyl groups is 1. The van der Waals surface area contributed by atoms with Crippen molar-refractivity contribution in [1.29, 1.82) is 0 Å². The third-order valence-electron chi connectivity index (χ3n) is 3.51.